The minimum Gasteiger partial charge on any atom is -0.381 e. The second-order valence-electron chi connectivity index (χ2n) is 7.10. The lowest BCUT2D eigenvalue weighted by Gasteiger charge is -2.37. The van der Waals surface area contributed by atoms with Crippen LogP contribution in [0, 0.1) is 0 Å². The molecule has 0 saturated carbocycles. The molecule has 0 spiro atoms. The fraction of sp³-hybridized carbons (Fsp3) is 0.192. The van der Waals surface area contributed by atoms with Crippen LogP contribution in [0.1, 0.15) is 29.5 Å². The SMILES string of the molecule is C1CCOC1.c1ccc(C(c2ccccc2)(c2ccccc2)n2ccnc2)cc1. The minimum absolute atomic E-state index is 0.444. The Morgan fingerprint density at radius 3 is 1.41 bits per heavy atom. The van der Waals surface area contributed by atoms with E-state index in [2.05, 4.69) is 101 Å². The Labute approximate surface area is 172 Å². The number of imidazole rings is 1. The molecule has 29 heavy (non-hydrogen) atoms. The highest BCUT2D eigenvalue weighted by Gasteiger charge is 2.37. The number of rotatable bonds is 4. The summed E-state index contributed by atoms with van der Waals surface area (Å²) < 4.78 is 7.13. The first-order chi connectivity index (χ1) is 14.4. The summed E-state index contributed by atoms with van der Waals surface area (Å²) in [5, 5.41) is 0. The molecule has 0 atom stereocenters. The molecule has 2 heterocycles. The molecule has 3 nitrogen and oxygen atoms in total. The maximum Gasteiger partial charge on any atom is 0.121 e. The van der Waals surface area contributed by atoms with E-state index < -0.39 is 5.54 Å². The predicted octanol–water partition coefficient (Wildman–Crippen LogP) is 5.52. The highest BCUT2D eigenvalue weighted by atomic mass is 16.5. The standard InChI is InChI=1S/C22H18N2.C4H8O/c1-4-10-19(11-5-1)22(24-17-16-23-18-24,20-12-6-2-7-13-20)21-14-8-3-9-15-21;1-2-4-5-3-1/h1-18H;1-4H2. The first-order valence-electron chi connectivity index (χ1n) is 10.1. The average molecular weight is 383 g/mol. The highest BCUT2D eigenvalue weighted by molar-refractivity contribution is 5.50. The van der Waals surface area contributed by atoms with Gasteiger partial charge in [0.2, 0.25) is 0 Å². The average Bonchev–Trinajstić information content (AvgIpc) is 3.54. The summed E-state index contributed by atoms with van der Waals surface area (Å²) in [6.45, 7) is 2.00. The summed E-state index contributed by atoms with van der Waals surface area (Å²) in [5.41, 5.74) is 3.18. The second-order valence-corrected chi connectivity index (χ2v) is 7.10. The van der Waals surface area contributed by atoms with Crippen LogP contribution in [0.5, 0.6) is 0 Å². The van der Waals surface area contributed by atoms with Crippen molar-refractivity contribution in [3.05, 3.63) is 126 Å². The van der Waals surface area contributed by atoms with Crippen molar-refractivity contribution in [3.8, 4) is 0 Å². The molecule has 0 aliphatic carbocycles. The molecular formula is C26H26N2O. The maximum atomic E-state index is 4.94. The maximum absolute atomic E-state index is 4.94. The molecule has 1 aromatic heterocycles. The monoisotopic (exact) mass is 382 g/mol. The zero-order valence-corrected chi connectivity index (χ0v) is 16.5. The number of ether oxygens (including phenoxy) is 1. The zero-order valence-electron chi connectivity index (χ0n) is 16.5. The molecule has 0 bridgehead atoms. The Morgan fingerprint density at radius 1 is 0.655 bits per heavy atom. The van der Waals surface area contributed by atoms with E-state index in [0.717, 1.165) is 13.2 Å². The van der Waals surface area contributed by atoms with Crippen molar-refractivity contribution in [1.29, 1.82) is 0 Å². The minimum atomic E-state index is -0.444. The molecule has 0 N–H and O–H groups in total. The van der Waals surface area contributed by atoms with E-state index in [-0.39, 0.29) is 0 Å². The number of hydrogen-bond acceptors (Lipinski definition) is 2. The van der Waals surface area contributed by atoms with Crippen molar-refractivity contribution in [3.63, 3.8) is 0 Å². The van der Waals surface area contributed by atoms with Gasteiger partial charge in [-0.15, -0.1) is 0 Å². The van der Waals surface area contributed by atoms with Crippen LogP contribution in [-0.4, -0.2) is 22.8 Å². The number of hydrogen-bond donors (Lipinski definition) is 0. The topological polar surface area (TPSA) is 27.1 Å². The normalized spacial score (nSPS) is 13.5. The largest absolute Gasteiger partial charge is 0.381 e. The van der Waals surface area contributed by atoms with E-state index >= 15 is 0 Å². The van der Waals surface area contributed by atoms with E-state index in [0.29, 0.717) is 0 Å². The highest BCUT2D eigenvalue weighted by Crippen LogP contribution is 2.40. The van der Waals surface area contributed by atoms with Crippen LogP contribution in [0.15, 0.2) is 110 Å². The molecule has 1 saturated heterocycles. The Hall–Kier alpha value is -3.17. The fourth-order valence-corrected chi connectivity index (χ4v) is 3.95. The molecular weight excluding hydrogens is 356 g/mol. The summed E-state index contributed by atoms with van der Waals surface area (Å²) in [4.78, 5) is 4.33. The molecule has 3 heteroatoms. The van der Waals surface area contributed by atoms with E-state index in [1.54, 1.807) is 0 Å². The predicted molar refractivity (Wildman–Crippen MR) is 117 cm³/mol. The van der Waals surface area contributed by atoms with Crippen LogP contribution in [-0.2, 0) is 10.3 Å². The van der Waals surface area contributed by atoms with Gasteiger partial charge in [0.1, 0.15) is 5.54 Å². The fourth-order valence-electron chi connectivity index (χ4n) is 3.95. The van der Waals surface area contributed by atoms with Crippen molar-refractivity contribution in [2.75, 3.05) is 13.2 Å². The van der Waals surface area contributed by atoms with Crippen molar-refractivity contribution in [1.82, 2.24) is 9.55 Å². The molecule has 4 aromatic rings. The van der Waals surface area contributed by atoms with Gasteiger partial charge in [-0.2, -0.15) is 0 Å². The zero-order chi connectivity index (χ0) is 19.8. The van der Waals surface area contributed by atoms with Crippen molar-refractivity contribution < 1.29 is 4.74 Å². The molecule has 0 unspecified atom stereocenters. The first-order valence-corrected chi connectivity index (χ1v) is 10.1. The van der Waals surface area contributed by atoms with E-state index in [9.17, 15) is 0 Å². The summed E-state index contributed by atoms with van der Waals surface area (Å²) in [5.74, 6) is 0. The summed E-state index contributed by atoms with van der Waals surface area (Å²) in [7, 11) is 0. The smallest absolute Gasteiger partial charge is 0.121 e. The van der Waals surface area contributed by atoms with Gasteiger partial charge in [0, 0.05) is 25.6 Å². The molecule has 1 aliphatic heterocycles. The Kier molecular flexibility index (Phi) is 6.18. The summed E-state index contributed by atoms with van der Waals surface area (Å²) >= 11 is 0. The molecule has 5 rings (SSSR count). The van der Waals surface area contributed by atoms with Gasteiger partial charge in [-0.05, 0) is 29.5 Å². The molecule has 1 fully saturated rings. The number of aromatic nitrogens is 2. The molecule has 0 radical (unpaired) electrons. The van der Waals surface area contributed by atoms with Crippen LogP contribution in [0.2, 0.25) is 0 Å². The third-order valence-corrected chi connectivity index (χ3v) is 5.29. The van der Waals surface area contributed by atoms with Crippen LogP contribution in [0.3, 0.4) is 0 Å². The van der Waals surface area contributed by atoms with Gasteiger partial charge in [-0.1, -0.05) is 91.0 Å². The van der Waals surface area contributed by atoms with E-state index in [1.807, 2.05) is 18.7 Å². The number of nitrogens with zero attached hydrogens (tertiary/aromatic N) is 2. The lowest BCUT2D eigenvalue weighted by Crippen LogP contribution is -2.36. The van der Waals surface area contributed by atoms with Gasteiger partial charge >= 0.3 is 0 Å². The quantitative estimate of drug-likeness (QED) is 0.435. The van der Waals surface area contributed by atoms with Gasteiger partial charge in [0.25, 0.3) is 0 Å². The first kappa shape index (κ1) is 19.2. The van der Waals surface area contributed by atoms with Gasteiger partial charge in [-0.25, -0.2) is 4.98 Å². The molecule has 146 valence electrons. The summed E-state index contributed by atoms with van der Waals surface area (Å²) in [6, 6.07) is 31.8. The Balaban J connectivity index is 0.000000359. The second kappa shape index (κ2) is 9.35. The van der Waals surface area contributed by atoms with Crippen molar-refractivity contribution in [2.24, 2.45) is 0 Å². The molecule has 1 aliphatic rings. The van der Waals surface area contributed by atoms with Crippen molar-refractivity contribution >= 4 is 0 Å². The van der Waals surface area contributed by atoms with Gasteiger partial charge < -0.3 is 9.30 Å². The third kappa shape index (κ3) is 4.01. The van der Waals surface area contributed by atoms with Crippen molar-refractivity contribution in [2.45, 2.75) is 18.4 Å². The van der Waals surface area contributed by atoms with Gasteiger partial charge in [0.15, 0.2) is 0 Å². The Morgan fingerprint density at radius 2 is 1.10 bits per heavy atom. The molecule has 0 amide bonds. The van der Waals surface area contributed by atoms with Crippen LogP contribution < -0.4 is 0 Å². The van der Waals surface area contributed by atoms with Gasteiger partial charge in [0.05, 0.1) is 6.33 Å². The Bertz CT molecular complexity index is 859. The van der Waals surface area contributed by atoms with E-state index in [1.165, 1.54) is 29.5 Å². The van der Waals surface area contributed by atoms with Crippen LogP contribution >= 0.6 is 0 Å². The lowest BCUT2D eigenvalue weighted by molar-refractivity contribution is 0.198. The van der Waals surface area contributed by atoms with Gasteiger partial charge in [-0.3, -0.25) is 0 Å². The third-order valence-electron chi connectivity index (χ3n) is 5.29. The number of benzene rings is 3. The summed E-state index contributed by atoms with van der Waals surface area (Å²) in [6.07, 6.45) is 8.32. The van der Waals surface area contributed by atoms with E-state index in [4.69, 9.17) is 4.74 Å². The molecule has 3 aromatic carbocycles. The lowest BCUT2D eigenvalue weighted by atomic mass is 9.77. The van der Waals surface area contributed by atoms with Crippen LogP contribution in [0.4, 0.5) is 0 Å². The van der Waals surface area contributed by atoms with Crippen LogP contribution in [0.25, 0.3) is 0 Å².